The Morgan fingerprint density at radius 2 is 1.92 bits per heavy atom. The van der Waals surface area contributed by atoms with Crippen LogP contribution in [0.15, 0.2) is 53.4 Å². The number of methoxy groups -OCH3 is 1. The Balaban J connectivity index is 1.97. The number of carbonyl (C=O) groups excluding carboxylic acids is 1. The van der Waals surface area contributed by atoms with Gasteiger partial charge in [0.15, 0.2) is 0 Å². The summed E-state index contributed by atoms with van der Waals surface area (Å²) in [6.45, 7) is 0. The van der Waals surface area contributed by atoms with Crippen molar-refractivity contribution in [3.8, 4) is 0 Å². The van der Waals surface area contributed by atoms with E-state index in [1.807, 2.05) is 18.2 Å². The van der Waals surface area contributed by atoms with Crippen LogP contribution in [-0.2, 0) is 21.2 Å². The molecule has 2 aromatic carbocycles. The van der Waals surface area contributed by atoms with Gasteiger partial charge in [-0.25, -0.2) is 13.2 Å². The number of carbonyl (C=O) groups is 1. The Morgan fingerprint density at radius 1 is 1.16 bits per heavy atom. The SMILES string of the molecule is COC(=O)c1cccc(S(=O)(=O)N(C)[C@H]2CCCc3ccccc32)c1. The van der Waals surface area contributed by atoms with E-state index in [4.69, 9.17) is 0 Å². The first-order chi connectivity index (χ1) is 11.9. The van der Waals surface area contributed by atoms with Crippen LogP contribution in [0, 0.1) is 0 Å². The number of sulfonamides is 1. The molecular formula is C19H21NO4S. The van der Waals surface area contributed by atoms with Crippen LogP contribution in [0.4, 0.5) is 0 Å². The summed E-state index contributed by atoms with van der Waals surface area (Å²) in [7, 11) is -0.844. The van der Waals surface area contributed by atoms with E-state index in [0.29, 0.717) is 0 Å². The molecule has 0 N–H and O–H groups in total. The van der Waals surface area contributed by atoms with Crippen LogP contribution >= 0.6 is 0 Å². The van der Waals surface area contributed by atoms with Crippen molar-refractivity contribution < 1.29 is 17.9 Å². The second kappa shape index (κ2) is 6.98. The molecule has 0 bridgehead atoms. The number of ether oxygens (including phenoxy) is 1. The average molecular weight is 359 g/mol. The molecule has 0 spiro atoms. The molecule has 1 atom stereocenters. The Kier molecular flexibility index (Phi) is 4.92. The van der Waals surface area contributed by atoms with Crippen LogP contribution in [-0.4, -0.2) is 32.8 Å². The lowest BCUT2D eigenvalue weighted by molar-refractivity contribution is 0.0600. The van der Waals surface area contributed by atoms with Crippen molar-refractivity contribution >= 4 is 16.0 Å². The predicted octanol–water partition coefficient (Wildman–Crippen LogP) is 3.17. The number of nitrogens with zero attached hydrogens (tertiary/aromatic N) is 1. The van der Waals surface area contributed by atoms with E-state index < -0.39 is 16.0 Å². The zero-order valence-corrected chi connectivity index (χ0v) is 15.1. The molecule has 0 heterocycles. The molecule has 1 aliphatic carbocycles. The second-order valence-corrected chi connectivity index (χ2v) is 8.15. The largest absolute Gasteiger partial charge is 0.465 e. The Labute approximate surface area is 148 Å². The molecule has 0 aromatic heterocycles. The zero-order chi connectivity index (χ0) is 18.0. The molecule has 3 rings (SSSR count). The lowest BCUT2D eigenvalue weighted by atomic mass is 9.88. The van der Waals surface area contributed by atoms with E-state index in [-0.39, 0.29) is 16.5 Å². The third-order valence-electron chi connectivity index (χ3n) is 4.71. The van der Waals surface area contributed by atoms with Crippen molar-refractivity contribution in [2.24, 2.45) is 0 Å². The molecule has 0 aliphatic heterocycles. The molecule has 25 heavy (non-hydrogen) atoms. The molecule has 0 radical (unpaired) electrons. The molecule has 0 saturated carbocycles. The van der Waals surface area contributed by atoms with Gasteiger partial charge in [0.2, 0.25) is 10.0 Å². The van der Waals surface area contributed by atoms with E-state index in [1.54, 1.807) is 19.2 Å². The Morgan fingerprint density at radius 3 is 2.68 bits per heavy atom. The summed E-state index contributed by atoms with van der Waals surface area (Å²) in [5.41, 5.74) is 2.48. The van der Waals surface area contributed by atoms with Crippen LogP contribution in [0.3, 0.4) is 0 Å². The summed E-state index contributed by atoms with van der Waals surface area (Å²) >= 11 is 0. The highest BCUT2D eigenvalue weighted by Crippen LogP contribution is 2.36. The van der Waals surface area contributed by atoms with Gasteiger partial charge in [-0.2, -0.15) is 4.31 Å². The standard InChI is InChI=1S/C19H21NO4S/c1-20(18-12-6-8-14-7-3-4-11-17(14)18)25(22,23)16-10-5-9-15(13-16)19(21)24-2/h3-5,7,9-11,13,18H,6,8,12H2,1-2H3/t18-/m0/s1. The van der Waals surface area contributed by atoms with Crippen LogP contribution in [0.5, 0.6) is 0 Å². The number of benzene rings is 2. The van der Waals surface area contributed by atoms with Gasteiger partial charge in [-0.05, 0) is 48.6 Å². The molecule has 0 unspecified atom stereocenters. The smallest absolute Gasteiger partial charge is 0.337 e. The average Bonchev–Trinajstić information content (AvgIpc) is 2.66. The van der Waals surface area contributed by atoms with Crippen LogP contribution in [0.1, 0.15) is 40.4 Å². The lowest BCUT2D eigenvalue weighted by Gasteiger charge is -2.32. The summed E-state index contributed by atoms with van der Waals surface area (Å²) in [5, 5.41) is 0. The fraction of sp³-hybridized carbons (Fsp3) is 0.316. The number of aryl methyl sites for hydroxylation is 1. The van der Waals surface area contributed by atoms with E-state index in [0.717, 1.165) is 24.8 Å². The third-order valence-corrected chi connectivity index (χ3v) is 6.57. The van der Waals surface area contributed by atoms with E-state index in [1.165, 1.54) is 29.1 Å². The maximum atomic E-state index is 13.1. The zero-order valence-electron chi connectivity index (χ0n) is 14.3. The minimum absolute atomic E-state index is 0.0981. The molecular weight excluding hydrogens is 338 g/mol. The van der Waals surface area contributed by atoms with Crippen molar-refractivity contribution in [3.05, 3.63) is 65.2 Å². The van der Waals surface area contributed by atoms with Crippen molar-refractivity contribution in [3.63, 3.8) is 0 Å². The first kappa shape index (κ1) is 17.6. The van der Waals surface area contributed by atoms with Gasteiger partial charge < -0.3 is 4.74 Å². The van der Waals surface area contributed by atoms with Gasteiger partial charge in [-0.3, -0.25) is 0 Å². The van der Waals surface area contributed by atoms with Gasteiger partial charge in [0.1, 0.15) is 0 Å². The number of rotatable bonds is 4. The molecule has 0 saturated heterocycles. The maximum absolute atomic E-state index is 13.1. The Hall–Kier alpha value is -2.18. The fourth-order valence-electron chi connectivity index (χ4n) is 3.34. The third kappa shape index (κ3) is 3.32. The number of fused-ring (bicyclic) bond motifs is 1. The maximum Gasteiger partial charge on any atom is 0.337 e. The molecule has 132 valence electrons. The Bertz CT molecular complexity index is 892. The highest BCUT2D eigenvalue weighted by molar-refractivity contribution is 7.89. The fourth-order valence-corrected chi connectivity index (χ4v) is 4.75. The highest BCUT2D eigenvalue weighted by atomic mass is 32.2. The highest BCUT2D eigenvalue weighted by Gasteiger charge is 2.32. The van der Waals surface area contributed by atoms with Gasteiger partial charge in [0.05, 0.1) is 17.6 Å². The normalized spacial score (nSPS) is 17.2. The summed E-state index contributed by atoms with van der Waals surface area (Å²) < 4.78 is 32.3. The molecule has 2 aromatic rings. The van der Waals surface area contributed by atoms with Crippen molar-refractivity contribution in [1.82, 2.24) is 4.31 Å². The lowest BCUT2D eigenvalue weighted by Crippen LogP contribution is -2.33. The minimum atomic E-state index is -3.72. The number of esters is 1. The van der Waals surface area contributed by atoms with Crippen LogP contribution in [0.2, 0.25) is 0 Å². The van der Waals surface area contributed by atoms with Gasteiger partial charge in [-0.15, -0.1) is 0 Å². The molecule has 0 fully saturated rings. The van der Waals surface area contributed by atoms with Crippen molar-refractivity contribution in [2.45, 2.75) is 30.2 Å². The first-order valence-electron chi connectivity index (χ1n) is 8.19. The monoisotopic (exact) mass is 359 g/mol. The van der Waals surface area contributed by atoms with Crippen LogP contribution < -0.4 is 0 Å². The van der Waals surface area contributed by atoms with E-state index in [2.05, 4.69) is 10.8 Å². The number of hydrogen-bond donors (Lipinski definition) is 0. The quantitative estimate of drug-likeness (QED) is 0.787. The van der Waals surface area contributed by atoms with Crippen LogP contribution in [0.25, 0.3) is 0 Å². The summed E-state index contributed by atoms with van der Waals surface area (Å²) in [4.78, 5) is 11.8. The van der Waals surface area contributed by atoms with Crippen molar-refractivity contribution in [1.29, 1.82) is 0 Å². The van der Waals surface area contributed by atoms with Gasteiger partial charge in [-0.1, -0.05) is 30.3 Å². The summed E-state index contributed by atoms with van der Waals surface area (Å²) in [5.74, 6) is -0.553. The predicted molar refractivity (Wildman–Crippen MR) is 94.9 cm³/mol. The summed E-state index contributed by atoms with van der Waals surface area (Å²) in [6, 6.07) is 13.7. The van der Waals surface area contributed by atoms with Gasteiger partial charge >= 0.3 is 5.97 Å². The molecule has 5 nitrogen and oxygen atoms in total. The minimum Gasteiger partial charge on any atom is -0.465 e. The molecule has 6 heteroatoms. The molecule has 0 amide bonds. The first-order valence-corrected chi connectivity index (χ1v) is 9.63. The van der Waals surface area contributed by atoms with Gasteiger partial charge in [0, 0.05) is 13.1 Å². The topological polar surface area (TPSA) is 63.7 Å². The number of hydrogen-bond acceptors (Lipinski definition) is 4. The molecule has 1 aliphatic rings. The second-order valence-electron chi connectivity index (χ2n) is 6.15. The van der Waals surface area contributed by atoms with Crippen molar-refractivity contribution in [2.75, 3.05) is 14.2 Å². The van der Waals surface area contributed by atoms with E-state index >= 15 is 0 Å². The van der Waals surface area contributed by atoms with Gasteiger partial charge in [0.25, 0.3) is 0 Å². The summed E-state index contributed by atoms with van der Waals surface area (Å²) in [6.07, 6.45) is 2.70. The van der Waals surface area contributed by atoms with E-state index in [9.17, 15) is 13.2 Å².